The molecule has 0 amide bonds. The van der Waals surface area contributed by atoms with E-state index in [1.807, 2.05) is 7.05 Å². The summed E-state index contributed by atoms with van der Waals surface area (Å²) in [6, 6.07) is 0.925. The minimum Gasteiger partial charge on any atom is -0.458 e. The third kappa shape index (κ3) is 4.29. The van der Waals surface area contributed by atoms with Crippen LogP contribution in [0, 0.1) is 0 Å². The number of hydrogen-bond donors (Lipinski definition) is 1. The molecule has 5 heteroatoms. The molecule has 1 N–H and O–H groups in total. The summed E-state index contributed by atoms with van der Waals surface area (Å²) in [5.41, 5.74) is 0. The Morgan fingerprint density at radius 3 is 2.73 bits per heavy atom. The van der Waals surface area contributed by atoms with Crippen molar-refractivity contribution in [2.45, 2.75) is 39.3 Å². The number of rotatable bonds is 6. The maximum atomic E-state index is 5.63. The molecule has 5 nitrogen and oxygen atoms in total. The van der Waals surface area contributed by atoms with Crippen molar-refractivity contribution in [3.05, 3.63) is 6.33 Å². The molecule has 0 aliphatic rings. The number of aryl methyl sites for hydroxylation is 1. The molecule has 15 heavy (non-hydrogen) atoms. The molecule has 0 bridgehead atoms. The molecule has 1 atom stereocenters. The fourth-order valence-electron chi connectivity index (χ4n) is 1.16. The Morgan fingerprint density at radius 2 is 2.27 bits per heavy atom. The highest BCUT2D eigenvalue weighted by molar-refractivity contribution is 4.88. The third-order valence-electron chi connectivity index (χ3n) is 2.06. The minimum atomic E-state index is 0.134. The summed E-state index contributed by atoms with van der Waals surface area (Å²) in [6.07, 6.45) is 2.71. The first-order chi connectivity index (χ1) is 7.11. The zero-order valence-electron chi connectivity index (χ0n) is 9.90. The summed E-state index contributed by atoms with van der Waals surface area (Å²) in [6.45, 7) is 7.15. The molecular weight excluding hydrogens is 192 g/mol. The van der Waals surface area contributed by atoms with Gasteiger partial charge in [0.15, 0.2) is 0 Å². The summed E-state index contributed by atoms with van der Waals surface area (Å²) < 4.78 is 7.27. The van der Waals surface area contributed by atoms with Crippen molar-refractivity contribution in [1.82, 2.24) is 20.1 Å². The van der Waals surface area contributed by atoms with Gasteiger partial charge < -0.3 is 10.1 Å². The number of nitrogens with one attached hydrogen (secondary N) is 1. The quantitative estimate of drug-likeness (QED) is 0.763. The van der Waals surface area contributed by atoms with Crippen LogP contribution in [0.4, 0.5) is 0 Å². The van der Waals surface area contributed by atoms with E-state index in [9.17, 15) is 0 Å². The zero-order valence-corrected chi connectivity index (χ0v) is 9.90. The predicted octanol–water partition coefficient (Wildman–Crippen LogP) is 0.970. The first-order valence-electron chi connectivity index (χ1n) is 5.37. The Hall–Kier alpha value is -1.10. The van der Waals surface area contributed by atoms with Crippen molar-refractivity contribution in [2.24, 2.45) is 7.05 Å². The monoisotopic (exact) mass is 212 g/mol. The van der Waals surface area contributed by atoms with Crippen molar-refractivity contribution in [2.75, 3.05) is 6.54 Å². The number of aromatic nitrogens is 3. The summed E-state index contributed by atoms with van der Waals surface area (Å²) in [4.78, 5) is 4.03. The maximum Gasteiger partial charge on any atom is 0.335 e. The van der Waals surface area contributed by atoms with Gasteiger partial charge in [-0.3, -0.25) is 4.68 Å². The fourth-order valence-corrected chi connectivity index (χ4v) is 1.16. The zero-order chi connectivity index (χ0) is 11.3. The summed E-state index contributed by atoms with van der Waals surface area (Å²) in [7, 11) is 1.83. The number of ether oxygens (including phenoxy) is 1. The lowest BCUT2D eigenvalue weighted by atomic mass is 10.2. The average molecular weight is 212 g/mol. The Morgan fingerprint density at radius 1 is 1.53 bits per heavy atom. The van der Waals surface area contributed by atoms with Gasteiger partial charge in [-0.2, -0.15) is 4.98 Å². The standard InChI is InChI=1S/C10H20N4O/c1-5-9(6-11-8(2)3)15-10-12-7-14(4)13-10/h7-9,11H,5-6H2,1-4H3. The molecule has 0 aromatic carbocycles. The van der Waals surface area contributed by atoms with Gasteiger partial charge in [0.25, 0.3) is 0 Å². The van der Waals surface area contributed by atoms with Gasteiger partial charge in [0.1, 0.15) is 12.4 Å². The van der Waals surface area contributed by atoms with Crippen LogP contribution in [-0.4, -0.2) is 33.5 Å². The molecule has 0 saturated carbocycles. The van der Waals surface area contributed by atoms with Gasteiger partial charge in [0, 0.05) is 19.6 Å². The van der Waals surface area contributed by atoms with Crippen molar-refractivity contribution in [3.8, 4) is 6.01 Å². The molecule has 1 rings (SSSR count). The number of nitrogens with zero attached hydrogens (tertiary/aromatic N) is 3. The van der Waals surface area contributed by atoms with Crippen LogP contribution in [0.25, 0.3) is 0 Å². The van der Waals surface area contributed by atoms with Crippen LogP contribution < -0.4 is 10.1 Å². The van der Waals surface area contributed by atoms with E-state index in [1.54, 1.807) is 11.0 Å². The Labute approximate surface area is 90.8 Å². The van der Waals surface area contributed by atoms with E-state index in [1.165, 1.54) is 0 Å². The van der Waals surface area contributed by atoms with Crippen LogP contribution in [0.5, 0.6) is 6.01 Å². The van der Waals surface area contributed by atoms with Gasteiger partial charge in [-0.15, -0.1) is 5.10 Å². The highest BCUT2D eigenvalue weighted by Gasteiger charge is 2.10. The van der Waals surface area contributed by atoms with Crippen LogP contribution >= 0.6 is 0 Å². The lowest BCUT2D eigenvalue weighted by Crippen LogP contribution is -2.35. The molecule has 1 aromatic heterocycles. The van der Waals surface area contributed by atoms with Gasteiger partial charge in [-0.05, 0) is 6.42 Å². The van der Waals surface area contributed by atoms with E-state index in [4.69, 9.17) is 4.74 Å². The summed E-state index contributed by atoms with van der Waals surface area (Å²) >= 11 is 0. The summed E-state index contributed by atoms with van der Waals surface area (Å²) in [5, 5.41) is 7.42. The van der Waals surface area contributed by atoms with Crippen LogP contribution in [0.2, 0.25) is 0 Å². The van der Waals surface area contributed by atoms with Crippen molar-refractivity contribution in [3.63, 3.8) is 0 Å². The van der Waals surface area contributed by atoms with E-state index >= 15 is 0 Å². The van der Waals surface area contributed by atoms with Crippen molar-refractivity contribution in [1.29, 1.82) is 0 Å². The van der Waals surface area contributed by atoms with Gasteiger partial charge in [0.2, 0.25) is 0 Å². The van der Waals surface area contributed by atoms with Crippen LogP contribution in [0.1, 0.15) is 27.2 Å². The van der Waals surface area contributed by atoms with Crippen LogP contribution in [0.15, 0.2) is 6.33 Å². The number of hydrogen-bond acceptors (Lipinski definition) is 4. The largest absolute Gasteiger partial charge is 0.458 e. The molecule has 0 radical (unpaired) electrons. The summed E-state index contributed by atoms with van der Waals surface area (Å²) in [5.74, 6) is 0. The lowest BCUT2D eigenvalue weighted by molar-refractivity contribution is 0.174. The molecule has 1 aromatic rings. The van der Waals surface area contributed by atoms with Gasteiger partial charge in [-0.25, -0.2) is 0 Å². The Kier molecular flexibility index (Phi) is 4.55. The Balaban J connectivity index is 2.39. The molecule has 0 aliphatic heterocycles. The third-order valence-corrected chi connectivity index (χ3v) is 2.06. The first kappa shape index (κ1) is 12.0. The normalized spacial score (nSPS) is 13.1. The second-order valence-electron chi connectivity index (χ2n) is 3.91. The van der Waals surface area contributed by atoms with E-state index in [0.29, 0.717) is 12.1 Å². The highest BCUT2D eigenvalue weighted by atomic mass is 16.5. The smallest absolute Gasteiger partial charge is 0.335 e. The van der Waals surface area contributed by atoms with Crippen LogP contribution in [-0.2, 0) is 7.05 Å². The lowest BCUT2D eigenvalue weighted by Gasteiger charge is -2.17. The highest BCUT2D eigenvalue weighted by Crippen LogP contribution is 2.04. The maximum absolute atomic E-state index is 5.63. The SMILES string of the molecule is CCC(CNC(C)C)Oc1ncn(C)n1. The minimum absolute atomic E-state index is 0.134. The predicted molar refractivity (Wildman–Crippen MR) is 58.8 cm³/mol. The second kappa shape index (κ2) is 5.70. The second-order valence-corrected chi connectivity index (χ2v) is 3.91. The van der Waals surface area contributed by atoms with E-state index in [0.717, 1.165) is 13.0 Å². The van der Waals surface area contributed by atoms with Gasteiger partial charge in [-0.1, -0.05) is 20.8 Å². The van der Waals surface area contributed by atoms with Crippen molar-refractivity contribution >= 4 is 0 Å². The fraction of sp³-hybridized carbons (Fsp3) is 0.800. The molecular formula is C10H20N4O. The topological polar surface area (TPSA) is 52.0 Å². The van der Waals surface area contributed by atoms with Gasteiger partial charge >= 0.3 is 6.01 Å². The average Bonchev–Trinajstić information content (AvgIpc) is 2.58. The van der Waals surface area contributed by atoms with Crippen LogP contribution in [0.3, 0.4) is 0 Å². The molecule has 0 aliphatic carbocycles. The van der Waals surface area contributed by atoms with E-state index in [2.05, 4.69) is 36.2 Å². The molecule has 0 saturated heterocycles. The van der Waals surface area contributed by atoms with E-state index < -0.39 is 0 Å². The Bertz CT molecular complexity index is 285. The molecule has 86 valence electrons. The molecule has 0 fully saturated rings. The first-order valence-corrected chi connectivity index (χ1v) is 5.37. The molecule has 1 unspecified atom stereocenters. The molecule has 1 heterocycles. The van der Waals surface area contributed by atoms with Crippen molar-refractivity contribution < 1.29 is 4.74 Å². The van der Waals surface area contributed by atoms with Gasteiger partial charge in [0.05, 0.1) is 0 Å². The molecule has 0 spiro atoms. The van der Waals surface area contributed by atoms with E-state index in [-0.39, 0.29) is 6.10 Å².